The van der Waals surface area contributed by atoms with Crippen LogP contribution < -0.4 is 4.90 Å². The van der Waals surface area contributed by atoms with E-state index in [2.05, 4.69) is 33.6 Å². The van der Waals surface area contributed by atoms with Crippen molar-refractivity contribution in [2.75, 3.05) is 18.0 Å². The Kier molecular flexibility index (Phi) is 4.49. The molecule has 0 atom stereocenters. The van der Waals surface area contributed by atoms with E-state index in [1.807, 2.05) is 0 Å². The third-order valence-corrected chi connectivity index (χ3v) is 4.76. The number of ketones is 1. The SMILES string of the molecule is C=C1CN(c2nnc(-c3ccc(C(F)(F)F)cc3O)c3cnncc23)CC(=C)C1=O. The Labute approximate surface area is 168 Å². The van der Waals surface area contributed by atoms with Crippen molar-refractivity contribution >= 4 is 22.4 Å². The minimum absolute atomic E-state index is 0.0719. The molecule has 0 bridgehead atoms. The number of carbonyl (C=O) groups excluding carboxylic acids is 1. The van der Waals surface area contributed by atoms with E-state index in [0.717, 1.165) is 12.1 Å². The van der Waals surface area contributed by atoms with Crippen LogP contribution in [0.15, 0.2) is 54.9 Å². The standard InChI is InChI=1S/C20H14F3N5O2/c1-10-8-28(9-11(2)18(10)30)19-15-7-25-24-6-14(15)17(26-27-19)13-4-3-12(5-16(13)29)20(21,22)23/h3-7,29H,1-2,8-9H2. The first-order chi connectivity index (χ1) is 14.2. The maximum Gasteiger partial charge on any atom is 0.416 e. The van der Waals surface area contributed by atoms with E-state index in [-0.39, 0.29) is 30.1 Å². The van der Waals surface area contributed by atoms with Crippen LogP contribution in [0.2, 0.25) is 0 Å². The molecule has 3 aromatic rings. The predicted octanol–water partition coefficient (Wildman–Crippen LogP) is 3.31. The molecule has 2 aromatic heterocycles. The number of Topliss-reactive ketones (excluding diaryl/α,β-unsaturated/α-hetero) is 1. The van der Waals surface area contributed by atoms with Gasteiger partial charge in [-0.3, -0.25) is 4.79 Å². The van der Waals surface area contributed by atoms with Gasteiger partial charge in [-0.2, -0.15) is 23.4 Å². The fourth-order valence-corrected chi connectivity index (χ4v) is 3.29. The molecule has 10 heteroatoms. The Bertz CT molecular complexity index is 1200. The summed E-state index contributed by atoms with van der Waals surface area (Å²) in [7, 11) is 0. The number of phenols is 1. The smallest absolute Gasteiger partial charge is 0.416 e. The van der Waals surface area contributed by atoms with Crippen molar-refractivity contribution in [2.45, 2.75) is 6.18 Å². The lowest BCUT2D eigenvalue weighted by molar-refractivity contribution is -0.137. The molecule has 0 aliphatic carbocycles. The number of anilines is 1. The van der Waals surface area contributed by atoms with Crippen molar-refractivity contribution in [3.05, 3.63) is 60.5 Å². The van der Waals surface area contributed by atoms with E-state index in [4.69, 9.17) is 0 Å². The summed E-state index contributed by atoms with van der Waals surface area (Å²) in [5, 5.41) is 27.1. The fourth-order valence-electron chi connectivity index (χ4n) is 3.29. The number of aromatic nitrogens is 4. The molecule has 1 aromatic carbocycles. The zero-order chi connectivity index (χ0) is 21.6. The van der Waals surface area contributed by atoms with Gasteiger partial charge in [-0.25, -0.2) is 0 Å². The molecule has 7 nitrogen and oxygen atoms in total. The number of piperidine rings is 1. The van der Waals surface area contributed by atoms with Gasteiger partial charge in [0.2, 0.25) is 0 Å². The minimum atomic E-state index is -4.59. The van der Waals surface area contributed by atoms with E-state index >= 15 is 0 Å². The van der Waals surface area contributed by atoms with Gasteiger partial charge in [0.1, 0.15) is 11.4 Å². The molecule has 1 saturated heterocycles. The summed E-state index contributed by atoms with van der Waals surface area (Å²) in [6, 6.07) is 2.62. The van der Waals surface area contributed by atoms with Crippen LogP contribution in [0.25, 0.3) is 22.0 Å². The molecule has 0 spiro atoms. The van der Waals surface area contributed by atoms with Crippen molar-refractivity contribution < 1.29 is 23.1 Å². The van der Waals surface area contributed by atoms with Gasteiger partial charge in [-0.1, -0.05) is 13.2 Å². The third-order valence-electron chi connectivity index (χ3n) is 4.76. The number of alkyl halides is 3. The first-order valence-electron chi connectivity index (χ1n) is 8.69. The second-order valence-electron chi connectivity index (χ2n) is 6.81. The van der Waals surface area contributed by atoms with Gasteiger partial charge in [-0.05, 0) is 18.2 Å². The summed E-state index contributed by atoms with van der Waals surface area (Å²) in [5.41, 5.74) is -0.0453. The summed E-state index contributed by atoms with van der Waals surface area (Å²) in [4.78, 5) is 13.7. The Balaban J connectivity index is 1.84. The van der Waals surface area contributed by atoms with Crippen LogP contribution in [-0.4, -0.2) is 44.4 Å². The number of nitrogens with zero attached hydrogens (tertiary/aromatic N) is 5. The molecule has 1 N–H and O–H groups in total. The molecule has 3 heterocycles. The van der Waals surface area contributed by atoms with Crippen molar-refractivity contribution in [3.63, 3.8) is 0 Å². The number of benzene rings is 1. The third kappa shape index (κ3) is 3.25. The van der Waals surface area contributed by atoms with Crippen LogP contribution >= 0.6 is 0 Å². The van der Waals surface area contributed by atoms with Gasteiger partial charge >= 0.3 is 6.18 Å². The maximum absolute atomic E-state index is 12.9. The summed E-state index contributed by atoms with van der Waals surface area (Å²) in [6.45, 7) is 7.94. The lowest BCUT2D eigenvalue weighted by atomic mass is 9.99. The highest BCUT2D eigenvalue weighted by molar-refractivity contribution is 6.10. The number of phenolic OH excluding ortho intramolecular Hbond substituents is 1. The molecule has 30 heavy (non-hydrogen) atoms. The van der Waals surface area contributed by atoms with E-state index in [9.17, 15) is 23.1 Å². The first kappa shape index (κ1) is 19.5. The Hall–Kier alpha value is -3.82. The van der Waals surface area contributed by atoms with Crippen molar-refractivity contribution in [1.82, 2.24) is 20.4 Å². The molecule has 1 aliphatic heterocycles. The van der Waals surface area contributed by atoms with E-state index in [0.29, 0.717) is 33.8 Å². The molecule has 0 saturated carbocycles. The van der Waals surface area contributed by atoms with E-state index < -0.39 is 17.5 Å². The highest BCUT2D eigenvalue weighted by atomic mass is 19.4. The monoisotopic (exact) mass is 413 g/mol. The van der Waals surface area contributed by atoms with Gasteiger partial charge in [0.05, 0.1) is 23.3 Å². The Morgan fingerprint density at radius 3 is 2.23 bits per heavy atom. The van der Waals surface area contributed by atoms with Crippen molar-refractivity contribution in [2.24, 2.45) is 0 Å². The zero-order valence-electron chi connectivity index (χ0n) is 15.4. The number of carbonyl (C=O) groups is 1. The average Bonchev–Trinajstić information content (AvgIpc) is 2.70. The highest BCUT2D eigenvalue weighted by Gasteiger charge is 2.32. The number of fused-ring (bicyclic) bond motifs is 1. The van der Waals surface area contributed by atoms with Crippen molar-refractivity contribution in [3.8, 4) is 17.0 Å². The first-order valence-corrected chi connectivity index (χ1v) is 8.69. The minimum Gasteiger partial charge on any atom is -0.507 e. The van der Waals surface area contributed by atoms with Crippen LogP contribution in [0.5, 0.6) is 5.75 Å². The molecule has 4 rings (SSSR count). The molecule has 1 aliphatic rings. The topological polar surface area (TPSA) is 92.1 Å². The lowest BCUT2D eigenvalue weighted by Crippen LogP contribution is -2.37. The fraction of sp³-hybridized carbons (Fsp3) is 0.150. The van der Waals surface area contributed by atoms with Crippen LogP contribution in [0.1, 0.15) is 5.56 Å². The number of hydrogen-bond acceptors (Lipinski definition) is 7. The quantitative estimate of drug-likeness (QED) is 0.645. The molecule has 0 amide bonds. The largest absolute Gasteiger partial charge is 0.507 e. The van der Waals surface area contributed by atoms with E-state index in [1.54, 1.807) is 4.90 Å². The Morgan fingerprint density at radius 1 is 1.00 bits per heavy atom. The summed E-state index contributed by atoms with van der Waals surface area (Å²) in [6.07, 6.45) is -1.76. The molecular weight excluding hydrogens is 399 g/mol. The summed E-state index contributed by atoms with van der Waals surface area (Å²) in [5.74, 6) is -0.394. The number of hydrogen-bond donors (Lipinski definition) is 1. The van der Waals surface area contributed by atoms with Crippen LogP contribution in [-0.2, 0) is 11.0 Å². The van der Waals surface area contributed by atoms with Gasteiger partial charge < -0.3 is 10.0 Å². The lowest BCUT2D eigenvalue weighted by Gasteiger charge is -2.30. The highest BCUT2D eigenvalue weighted by Crippen LogP contribution is 2.39. The number of aromatic hydroxyl groups is 1. The van der Waals surface area contributed by atoms with Gasteiger partial charge in [0, 0.05) is 35.2 Å². The van der Waals surface area contributed by atoms with Gasteiger partial charge in [0.15, 0.2) is 11.6 Å². The maximum atomic E-state index is 12.9. The predicted molar refractivity (Wildman–Crippen MR) is 103 cm³/mol. The second-order valence-corrected chi connectivity index (χ2v) is 6.81. The van der Waals surface area contributed by atoms with E-state index in [1.165, 1.54) is 12.4 Å². The molecule has 0 radical (unpaired) electrons. The second kappa shape index (κ2) is 6.90. The zero-order valence-corrected chi connectivity index (χ0v) is 15.4. The number of rotatable bonds is 2. The Morgan fingerprint density at radius 2 is 1.63 bits per heavy atom. The summed E-state index contributed by atoms with van der Waals surface area (Å²) < 4.78 is 38.7. The van der Waals surface area contributed by atoms with Crippen LogP contribution in [0.3, 0.4) is 0 Å². The summed E-state index contributed by atoms with van der Waals surface area (Å²) >= 11 is 0. The van der Waals surface area contributed by atoms with Gasteiger partial charge in [-0.15, -0.1) is 10.2 Å². The number of halogens is 3. The molecule has 1 fully saturated rings. The molecule has 0 unspecified atom stereocenters. The van der Waals surface area contributed by atoms with Crippen LogP contribution in [0, 0.1) is 0 Å². The molecular formula is C20H14F3N5O2. The average molecular weight is 413 g/mol. The van der Waals surface area contributed by atoms with Crippen LogP contribution in [0.4, 0.5) is 19.0 Å². The van der Waals surface area contributed by atoms with Crippen molar-refractivity contribution in [1.29, 1.82) is 0 Å². The van der Waals surface area contributed by atoms with Gasteiger partial charge in [0.25, 0.3) is 0 Å². The molecule has 152 valence electrons. The normalized spacial score (nSPS) is 15.2.